The molecule has 1 aromatic rings. The highest BCUT2D eigenvalue weighted by Crippen LogP contribution is 2.60. The van der Waals surface area contributed by atoms with Crippen molar-refractivity contribution in [1.29, 1.82) is 0 Å². The number of hydrogen-bond acceptors (Lipinski definition) is 1. The molecule has 1 nitrogen and oxygen atoms in total. The van der Waals surface area contributed by atoms with Gasteiger partial charge in [0.25, 0.3) is 0 Å². The van der Waals surface area contributed by atoms with Crippen molar-refractivity contribution in [3.63, 3.8) is 0 Å². The van der Waals surface area contributed by atoms with E-state index in [1.807, 2.05) is 0 Å². The molecule has 1 heteroatoms. The molecule has 0 saturated carbocycles. The highest BCUT2D eigenvalue weighted by molar-refractivity contribution is 5.58. The van der Waals surface area contributed by atoms with Gasteiger partial charge in [-0.3, -0.25) is 0 Å². The normalized spacial score (nSPS) is 30.5. The van der Waals surface area contributed by atoms with Gasteiger partial charge in [0.1, 0.15) is 0 Å². The molecule has 0 fully saturated rings. The fourth-order valence-corrected chi connectivity index (χ4v) is 5.43. The molecule has 1 aliphatic carbocycles. The predicted molar refractivity (Wildman–Crippen MR) is 103 cm³/mol. The molecular weight excluding hydrogens is 292 g/mol. The van der Waals surface area contributed by atoms with E-state index in [0.29, 0.717) is 5.92 Å². The third kappa shape index (κ3) is 1.91. The van der Waals surface area contributed by atoms with Gasteiger partial charge in [0.2, 0.25) is 0 Å². The monoisotopic (exact) mass is 328 g/mol. The molecule has 0 saturated heterocycles. The van der Waals surface area contributed by atoms with E-state index in [1.54, 1.807) is 16.7 Å². The van der Waals surface area contributed by atoms with E-state index in [9.17, 15) is 0 Å². The predicted octanol–water partition coefficient (Wildman–Crippen LogP) is 6.21. The molecule has 0 bridgehead atoms. The Morgan fingerprint density at radius 2 is 1.21 bits per heavy atom. The minimum Gasteiger partial charge on any atom is -0.364 e. The summed E-state index contributed by atoms with van der Waals surface area (Å²) in [6.45, 7) is 25.9. The number of fused-ring (bicyclic) bond motifs is 3. The van der Waals surface area contributed by atoms with Crippen molar-refractivity contribution in [2.75, 3.05) is 0 Å². The second-order valence-electron chi connectivity index (χ2n) is 10.8. The first-order chi connectivity index (χ1) is 10.6. The SMILES string of the molecule is CC1C(C)(C)c2ccc3c(c2C1(C)C)C(C)(C)C(C)(C)OC3(C)C. The zero-order chi connectivity index (χ0) is 18.5. The molecule has 134 valence electrons. The van der Waals surface area contributed by atoms with E-state index < -0.39 is 0 Å². The summed E-state index contributed by atoms with van der Waals surface area (Å²) in [6, 6.07) is 4.74. The van der Waals surface area contributed by atoms with Gasteiger partial charge in [-0.15, -0.1) is 0 Å². The topological polar surface area (TPSA) is 9.23 Å². The van der Waals surface area contributed by atoms with Crippen molar-refractivity contribution in [3.05, 3.63) is 34.4 Å². The molecule has 1 unspecified atom stereocenters. The average Bonchev–Trinajstić information content (AvgIpc) is 2.54. The van der Waals surface area contributed by atoms with Crippen LogP contribution in [0.5, 0.6) is 0 Å². The van der Waals surface area contributed by atoms with E-state index >= 15 is 0 Å². The quantitative estimate of drug-likeness (QED) is 0.550. The van der Waals surface area contributed by atoms with Gasteiger partial charge < -0.3 is 4.74 Å². The van der Waals surface area contributed by atoms with Gasteiger partial charge in [-0.2, -0.15) is 0 Å². The summed E-state index contributed by atoms with van der Waals surface area (Å²) < 4.78 is 6.61. The van der Waals surface area contributed by atoms with Crippen LogP contribution in [0.1, 0.15) is 98.4 Å². The Kier molecular flexibility index (Phi) is 3.35. The lowest BCUT2D eigenvalue weighted by atomic mass is 9.61. The molecule has 0 N–H and O–H groups in total. The molecule has 1 heterocycles. The van der Waals surface area contributed by atoms with Crippen molar-refractivity contribution in [2.24, 2.45) is 5.92 Å². The fourth-order valence-electron chi connectivity index (χ4n) is 5.43. The van der Waals surface area contributed by atoms with Gasteiger partial charge in [-0.1, -0.05) is 60.6 Å². The number of ether oxygens (including phenoxy) is 1. The summed E-state index contributed by atoms with van der Waals surface area (Å²) in [4.78, 5) is 0. The Labute approximate surface area is 149 Å². The molecule has 0 aromatic heterocycles. The first kappa shape index (κ1) is 18.0. The van der Waals surface area contributed by atoms with Gasteiger partial charge in [-0.05, 0) is 66.7 Å². The van der Waals surface area contributed by atoms with Crippen LogP contribution in [-0.4, -0.2) is 5.60 Å². The maximum Gasteiger partial charge on any atom is 0.0885 e. The van der Waals surface area contributed by atoms with Crippen LogP contribution < -0.4 is 0 Å². The summed E-state index contributed by atoms with van der Waals surface area (Å²) in [5.74, 6) is 0.608. The van der Waals surface area contributed by atoms with Crippen LogP contribution in [0.15, 0.2) is 12.1 Å². The molecular formula is C23H36O. The van der Waals surface area contributed by atoms with Crippen LogP contribution in [0.25, 0.3) is 0 Å². The minimum atomic E-state index is -0.255. The summed E-state index contributed by atoms with van der Waals surface area (Å²) in [5, 5.41) is 0. The Bertz CT molecular complexity index is 701. The lowest BCUT2D eigenvalue weighted by Crippen LogP contribution is -2.55. The van der Waals surface area contributed by atoms with Crippen molar-refractivity contribution in [2.45, 2.75) is 104 Å². The number of benzene rings is 1. The zero-order valence-electron chi connectivity index (χ0n) is 17.6. The van der Waals surface area contributed by atoms with Crippen LogP contribution >= 0.6 is 0 Å². The third-order valence-electron chi connectivity index (χ3n) is 8.00. The summed E-state index contributed by atoms with van der Waals surface area (Å²) >= 11 is 0. The molecule has 1 aromatic carbocycles. The Hall–Kier alpha value is -0.820. The summed E-state index contributed by atoms with van der Waals surface area (Å²) in [5.41, 5.74) is 5.95. The summed E-state index contributed by atoms with van der Waals surface area (Å²) in [6.07, 6.45) is 0. The van der Waals surface area contributed by atoms with Crippen LogP contribution in [0.3, 0.4) is 0 Å². The standard InChI is InChI=1S/C23H36O/c1-14-19(2,3)15-12-13-16-18(17(15)20(14,4)5)21(6,7)23(10,11)24-22(16,8)9/h12-14H,1-11H3. The summed E-state index contributed by atoms with van der Waals surface area (Å²) in [7, 11) is 0. The molecule has 24 heavy (non-hydrogen) atoms. The number of rotatable bonds is 0. The second kappa shape index (κ2) is 4.47. The van der Waals surface area contributed by atoms with Crippen molar-refractivity contribution < 1.29 is 4.74 Å². The van der Waals surface area contributed by atoms with E-state index in [1.165, 1.54) is 5.56 Å². The van der Waals surface area contributed by atoms with Crippen LogP contribution in [0, 0.1) is 5.92 Å². The average molecular weight is 329 g/mol. The minimum absolute atomic E-state index is 0.0272. The number of hydrogen-bond donors (Lipinski definition) is 0. The Morgan fingerprint density at radius 1 is 0.708 bits per heavy atom. The van der Waals surface area contributed by atoms with Gasteiger partial charge in [0.05, 0.1) is 11.2 Å². The molecule has 0 radical (unpaired) electrons. The fraction of sp³-hybridized carbons (Fsp3) is 0.739. The lowest BCUT2D eigenvalue weighted by Gasteiger charge is -2.54. The molecule has 2 aliphatic rings. The Balaban J connectivity index is 2.47. The smallest absolute Gasteiger partial charge is 0.0885 e. The highest BCUT2D eigenvalue weighted by atomic mass is 16.5. The molecule has 0 spiro atoms. The van der Waals surface area contributed by atoms with E-state index in [2.05, 4.69) is 88.3 Å². The van der Waals surface area contributed by atoms with Crippen LogP contribution in [-0.2, 0) is 26.6 Å². The second-order valence-corrected chi connectivity index (χ2v) is 10.8. The van der Waals surface area contributed by atoms with Gasteiger partial charge in [0, 0.05) is 5.41 Å². The highest BCUT2D eigenvalue weighted by Gasteiger charge is 2.57. The lowest BCUT2D eigenvalue weighted by molar-refractivity contribution is -0.173. The van der Waals surface area contributed by atoms with E-state index in [4.69, 9.17) is 4.74 Å². The third-order valence-corrected chi connectivity index (χ3v) is 8.00. The van der Waals surface area contributed by atoms with Crippen LogP contribution in [0.4, 0.5) is 0 Å². The zero-order valence-corrected chi connectivity index (χ0v) is 17.6. The van der Waals surface area contributed by atoms with E-state index in [0.717, 1.165) is 0 Å². The van der Waals surface area contributed by atoms with E-state index in [-0.39, 0.29) is 27.4 Å². The van der Waals surface area contributed by atoms with Gasteiger partial charge in [0.15, 0.2) is 0 Å². The Morgan fingerprint density at radius 3 is 1.75 bits per heavy atom. The first-order valence-electron chi connectivity index (χ1n) is 9.47. The van der Waals surface area contributed by atoms with Crippen LogP contribution in [0.2, 0.25) is 0 Å². The van der Waals surface area contributed by atoms with Gasteiger partial charge in [-0.25, -0.2) is 0 Å². The largest absolute Gasteiger partial charge is 0.364 e. The maximum absolute atomic E-state index is 6.61. The molecule has 3 rings (SSSR count). The molecule has 0 amide bonds. The van der Waals surface area contributed by atoms with Crippen molar-refractivity contribution in [1.82, 2.24) is 0 Å². The van der Waals surface area contributed by atoms with Crippen molar-refractivity contribution >= 4 is 0 Å². The maximum atomic E-state index is 6.61. The van der Waals surface area contributed by atoms with Crippen molar-refractivity contribution in [3.8, 4) is 0 Å². The first-order valence-corrected chi connectivity index (χ1v) is 9.47. The molecule has 1 aliphatic heterocycles. The van der Waals surface area contributed by atoms with Gasteiger partial charge >= 0.3 is 0 Å². The molecule has 1 atom stereocenters.